The molecule has 1 aromatic rings. The molecule has 0 aliphatic rings. The first-order valence-electron chi connectivity index (χ1n) is 4.94. The first-order valence-corrected chi connectivity index (χ1v) is 6.16. The molecule has 0 radical (unpaired) electrons. The van der Waals surface area contributed by atoms with E-state index < -0.39 is 6.03 Å². The predicted octanol–water partition coefficient (Wildman–Crippen LogP) is 1.22. The van der Waals surface area contributed by atoms with E-state index in [0.29, 0.717) is 11.3 Å². The van der Waals surface area contributed by atoms with Gasteiger partial charge in [-0.05, 0) is 30.5 Å². The number of carbonyl (C=O) groups is 2. The lowest BCUT2D eigenvalue weighted by atomic mass is 10.2. The van der Waals surface area contributed by atoms with Crippen LogP contribution in [0.2, 0.25) is 0 Å². The number of rotatable bonds is 2. The Labute approximate surface area is 109 Å². The van der Waals surface area contributed by atoms with Crippen molar-refractivity contribution in [3.05, 3.63) is 29.8 Å². The fourth-order valence-electron chi connectivity index (χ4n) is 1.14. The molecule has 3 N–H and O–H groups in total. The van der Waals surface area contributed by atoms with Crippen LogP contribution in [0, 0.1) is 0 Å². The van der Waals surface area contributed by atoms with E-state index in [-0.39, 0.29) is 11.1 Å². The van der Waals surface area contributed by atoms with Crippen LogP contribution in [-0.2, 0) is 0 Å². The summed E-state index contributed by atoms with van der Waals surface area (Å²) in [5, 5.41) is 2.64. The van der Waals surface area contributed by atoms with E-state index in [1.165, 1.54) is 0 Å². The first kappa shape index (κ1) is 14.0. The SMILES string of the molecule is COc1ccc(C(=O)N/C(=N\C(N)=O)SC)cc1. The molecule has 0 bridgehead atoms. The maximum atomic E-state index is 11.8. The van der Waals surface area contributed by atoms with Crippen LogP contribution in [0.1, 0.15) is 10.4 Å². The minimum Gasteiger partial charge on any atom is -0.497 e. The Morgan fingerprint density at radius 1 is 1.33 bits per heavy atom. The van der Waals surface area contributed by atoms with Gasteiger partial charge in [0, 0.05) is 5.56 Å². The Morgan fingerprint density at radius 3 is 2.39 bits per heavy atom. The van der Waals surface area contributed by atoms with Crippen molar-refractivity contribution in [3.8, 4) is 5.75 Å². The molecular weight excluding hydrogens is 254 g/mol. The number of amidine groups is 1. The minimum atomic E-state index is -0.852. The number of carbonyl (C=O) groups excluding carboxylic acids is 2. The van der Waals surface area contributed by atoms with Gasteiger partial charge in [-0.3, -0.25) is 4.79 Å². The highest BCUT2D eigenvalue weighted by molar-refractivity contribution is 8.13. The minimum absolute atomic E-state index is 0.156. The first-order chi connectivity index (χ1) is 8.56. The van der Waals surface area contributed by atoms with Crippen LogP contribution in [0.3, 0.4) is 0 Å². The number of urea groups is 1. The molecular formula is C11H13N3O3S. The Kier molecular flexibility index (Phi) is 5.19. The molecule has 0 fully saturated rings. The normalized spacial score (nSPS) is 10.9. The Bertz CT molecular complexity index is 471. The fraction of sp³-hybridized carbons (Fsp3) is 0.182. The second-order valence-electron chi connectivity index (χ2n) is 3.14. The molecule has 0 saturated carbocycles. The summed E-state index contributed by atoms with van der Waals surface area (Å²) < 4.78 is 4.98. The standard InChI is InChI=1S/C11H13N3O3S/c1-17-8-5-3-7(4-6-8)9(15)13-11(18-2)14-10(12)16/h3-6H,1-2H3,(H3,12,13,14,15,16). The third-order valence-electron chi connectivity index (χ3n) is 1.98. The zero-order chi connectivity index (χ0) is 13.5. The van der Waals surface area contributed by atoms with E-state index in [1.807, 2.05) is 0 Å². The molecule has 0 saturated heterocycles. The molecule has 0 atom stereocenters. The Hall–Kier alpha value is -2.02. The molecule has 1 rings (SSSR count). The Morgan fingerprint density at radius 2 is 1.94 bits per heavy atom. The quantitative estimate of drug-likeness (QED) is 0.622. The number of nitrogens with one attached hydrogen (secondary N) is 1. The number of hydrogen-bond donors (Lipinski definition) is 2. The highest BCUT2D eigenvalue weighted by atomic mass is 32.2. The van der Waals surface area contributed by atoms with Gasteiger partial charge in [0.25, 0.3) is 5.91 Å². The zero-order valence-corrected chi connectivity index (χ0v) is 10.8. The lowest BCUT2D eigenvalue weighted by Gasteiger charge is -2.06. The summed E-state index contributed by atoms with van der Waals surface area (Å²) in [6, 6.07) is 5.69. The van der Waals surface area contributed by atoms with Crippen LogP contribution in [0.25, 0.3) is 0 Å². The smallest absolute Gasteiger partial charge is 0.340 e. The summed E-state index contributed by atoms with van der Waals surface area (Å²) >= 11 is 1.12. The van der Waals surface area contributed by atoms with E-state index >= 15 is 0 Å². The van der Waals surface area contributed by atoms with Crippen LogP contribution in [0.5, 0.6) is 5.75 Å². The summed E-state index contributed by atoms with van der Waals surface area (Å²) in [7, 11) is 1.54. The molecule has 3 amide bonds. The highest BCUT2D eigenvalue weighted by Gasteiger charge is 2.09. The second-order valence-corrected chi connectivity index (χ2v) is 3.94. The maximum absolute atomic E-state index is 11.8. The summed E-state index contributed by atoms with van der Waals surface area (Å²) in [4.78, 5) is 25.9. The van der Waals surface area contributed by atoms with Gasteiger partial charge in [0.1, 0.15) is 5.75 Å². The van der Waals surface area contributed by atoms with Crippen LogP contribution >= 0.6 is 11.8 Å². The van der Waals surface area contributed by atoms with E-state index in [4.69, 9.17) is 10.5 Å². The van der Waals surface area contributed by atoms with Gasteiger partial charge in [-0.25, -0.2) is 4.79 Å². The lowest BCUT2D eigenvalue weighted by Crippen LogP contribution is -2.29. The topological polar surface area (TPSA) is 93.8 Å². The molecule has 0 spiro atoms. The predicted molar refractivity (Wildman–Crippen MR) is 71.0 cm³/mol. The van der Waals surface area contributed by atoms with E-state index in [0.717, 1.165) is 11.8 Å². The third-order valence-corrected chi connectivity index (χ3v) is 2.56. The van der Waals surface area contributed by atoms with E-state index in [1.54, 1.807) is 37.6 Å². The Balaban J connectivity index is 2.77. The molecule has 18 heavy (non-hydrogen) atoms. The van der Waals surface area contributed by atoms with Crippen molar-refractivity contribution < 1.29 is 14.3 Å². The monoisotopic (exact) mass is 267 g/mol. The van der Waals surface area contributed by atoms with Crippen LogP contribution in [-0.4, -0.2) is 30.5 Å². The van der Waals surface area contributed by atoms with Gasteiger partial charge in [-0.1, -0.05) is 11.8 Å². The summed E-state index contributed by atoms with van der Waals surface area (Å²) in [5.41, 5.74) is 5.35. The highest BCUT2D eigenvalue weighted by Crippen LogP contribution is 2.11. The van der Waals surface area contributed by atoms with Crippen LogP contribution in [0.4, 0.5) is 4.79 Å². The fourth-order valence-corrected chi connectivity index (χ4v) is 1.51. The van der Waals surface area contributed by atoms with Gasteiger partial charge in [0.15, 0.2) is 5.17 Å². The number of ether oxygens (including phenoxy) is 1. The van der Waals surface area contributed by atoms with Crippen LogP contribution < -0.4 is 15.8 Å². The van der Waals surface area contributed by atoms with Crippen molar-refractivity contribution in [1.82, 2.24) is 5.32 Å². The number of amides is 3. The van der Waals surface area contributed by atoms with E-state index in [2.05, 4.69) is 10.3 Å². The van der Waals surface area contributed by atoms with Crippen molar-refractivity contribution in [1.29, 1.82) is 0 Å². The molecule has 0 aromatic heterocycles. The molecule has 0 aliphatic carbocycles. The number of hydrogen-bond acceptors (Lipinski definition) is 4. The molecule has 6 nitrogen and oxygen atoms in total. The van der Waals surface area contributed by atoms with Crippen molar-refractivity contribution in [2.75, 3.05) is 13.4 Å². The lowest BCUT2D eigenvalue weighted by molar-refractivity contribution is 0.0978. The second kappa shape index (κ2) is 6.65. The van der Waals surface area contributed by atoms with Crippen molar-refractivity contribution in [3.63, 3.8) is 0 Å². The van der Waals surface area contributed by atoms with Gasteiger partial charge in [0.05, 0.1) is 7.11 Å². The van der Waals surface area contributed by atoms with Crippen molar-refractivity contribution in [2.24, 2.45) is 10.7 Å². The van der Waals surface area contributed by atoms with Crippen LogP contribution in [0.15, 0.2) is 29.3 Å². The number of methoxy groups -OCH3 is 1. The molecule has 0 unspecified atom stereocenters. The molecule has 96 valence electrons. The molecule has 7 heteroatoms. The summed E-state index contributed by atoms with van der Waals surface area (Å²) in [6.07, 6.45) is 1.68. The molecule has 1 aromatic carbocycles. The number of aliphatic imine (C=N–C) groups is 1. The van der Waals surface area contributed by atoms with Gasteiger partial charge in [-0.15, -0.1) is 0 Å². The number of primary amides is 1. The van der Waals surface area contributed by atoms with Crippen molar-refractivity contribution in [2.45, 2.75) is 0 Å². The van der Waals surface area contributed by atoms with Gasteiger partial charge >= 0.3 is 6.03 Å². The summed E-state index contributed by atoms with van der Waals surface area (Å²) in [5.74, 6) is 0.287. The maximum Gasteiger partial charge on any atom is 0.340 e. The number of thioether (sulfide) groups is 1. The van der Waals surface area contributed by atoms with Gasteiger partial charge in [-0.2, -0.15) is 4.99 Å². The van der Waals surface area contributed by atoms with Gasteiger partial charge < -0.3 is 15.8 Å². The van der Waals surface area contributed by atoms with Crippen molar-refractivity contribution >= 4 is 28.9 Å². The number of nitrogens with zero attached hydrogens (tertiary/aromatic N) is 1. The molecule has 0 heterocycles. The number of benzene rings is 1. The zero-order valence-electron chi connectivity index (χ0n) is 9.97. The number of nitrogens with two attached hydrogens (primary N) is 1. The average molecular weight is 267 g/mol. The largest absolute Gasteiger partial charge is 0.497 e. The third kappa shape index (κ3) is 4.10. The molecule has 0 aliphatic heterocycles. The van der Waals surface area contributed by atoms with E-state index in [9.17, 15) is 9.59 Å². The summed E-state index contributed by atoms with van der Waals surface area (Å²) in [6.45, 7) is 0. The average Bonchev–Trinajstić information content (AvgIpc) is 2.37. The van der Waals surface area contributed by atoms with Gasteiger partial charge in [0.2, 0.25) is 0 Å².